The highest BCUT2D eigenvalue weighted by molar-refractivity contribution is 9.10. The molecule has 0 spiro atoms. The zero-order valence-corrected chi connectivity index (χ0v) is 12.5. The van der Waals surface area contributed by atoms with Gasteiger partial charge in [-0.05, 0) is 53.7 Å². The fourth-order valence-corrected chi connectivity index (χ4v) is 2.73. The molecule has 0 unspecified atom stereocenters. The monoisotopic (exact) mass is 328 g/mol. The van der Waals surface area contributed by atoms with Gasteiger partial charge in [0.15, 0.2) is 0 Å². The van der Waals surface area contributed by atoms with Gasteiger partial charge in [-0.1, -0.05) is 6.42 Å². The van der Waals surface area contributed by atoms with Crippen molar-refractivity contribution in [3.05, 3.63) is 28.0 Å². The summed E-state index contributed by atoms with van der Waals surface area (Å²) in [6, 6.07) is 2.66. The van der Waals surface area contributed by atoms with Crippen LogP contribution in [-0.2, 0) is 0 Å². The molecule has 19 heavy (non-hydrogen) atoms. The molecule has 1 amide bonds. The van der Waals surface area contributed by atoms with Gasteiger partial charge in [0.05, 0.1) is 11.3 Å². The van der Waals surface area contributed by atoms with Crippen molar-refractivity contribution in [2.75, 3.05) is 18.8 Å². The molecular weight excluding hydrogens is 311 g/mol. The van der Waals surface area contributed by atoms with E-state index >= 15 is 0 Å². The molecule has 1 aromatic carbocycles. The number of nitrogen functional groups attached to an aromatic ring is 1. The molecule has 1 fully saturated rings. The molecule has 0 bridgehead atoms. The second-order valence-electron chi connectivity index (χ2n) is 4.99. The smallest absolute Gasteiger partial charge is 0.255 e. The Bertz CT molecular complexity index is 489. The van der Waals surface area contributed by atoms with Gasteiger partial charge in [-0.25, -0.2) is 4.39 Å². The topological polar surface area (TPSA) is 46.3 Å². The molecule has 3 nitrogen and oxygen atoms in total. The summed E-state index contributed by atoms with van der Waals surface area (Å²) < 4.78 is 13.8. The van der Waals surface area contributed by atoms with Gasteiger partial charge in [-0.3, -0.25) is 4.79 Å². The summed E-state index contributed by atoms with van der Waals surface area (Å²) >= 11 is 3.23. The van der Waals surface area contributed by atoms with Crippen molar-refractivity contribution in [2.24, 2.45) is 5.92 Å². The standard InChI is InChI=1S/C14H18BrFN2O/c1-2-18(8-9-4-3-5-9)14(19)10-6-13(17)12(16)7-11(10)15/h6-7,9H,2-5,8,17H2,1H3. The van der Waals surface area contributed by atoms with Crippen molar-refractivity contribution >= 4 is 27.5 Å². The van der Waals surface area contributed by atoms with E-state index in [9.17, 15) is 9.18 Å². The highest BCUT2D eigenvalue weighted by Gasteiger charge is 2.24. The van der Waals surface area contributed by atoms with Crippen LogP contribution in [0.4, 0.5) is 10.1 Å². The number of nitrogens with zero attached hydrogens (tertiary/aromatic N) is 1. The number of nitrogens with two attached hydrogens (primary N) is 1. The molecule has 1 aliphatic rings. The Balaban J connectivity index is 2.18. The second-order valence-corrected chi connectivity index (χ2v) is 5.85. The van der Waals surface area contributed by atoms with E-state index in [2.05, 4.69) is 15.9 Å². The third-order valence-corrected chi connectivity index (χ3v) is 4.35. The first-order valence-corrected chi connectivity index (χ1v) is 7.36. The summed E-state index contributed by atoms with van der Waals surface area (Å²) in [6.45, 7) is 3.38. The number of halogens is 2. The number of amides is 1. The lowest BCUT2D eigenvalue weighted by molar-refractivity contribution is 0.0705. The Kier molecular flexibility index (Phi) is 4.45. The van der Waals surface area contributed by atoms with Gasteiger partial charge < -0.3 is 10.6 Å². The lowest BCUT2D eigenvalue weighted by Gasteiger charge is -2.32. The lowest BCUT2D eigenvalue weighted by Crippen LogP contribution is -2.37. The normalized spacial score (nSPS) is 15.1. The zero-order chi connectivity index (χ0) is 14.0. The first-order chi connectivity index (χ1) is 9.02. The van der Waals surface area contributed by atoms with Crippen molar-refractivity contribution in [2.45, 2.75) is 26.2 Å². The van der Waals surface area contributed by atoms with E-state index in [1.165, 1.54) is 31.4 Å². The summed E-state index contributed by atoms with van der Waals surface area (Å²) in [5, 5.41) is 0. The molecule has 1 saturated carbocycles. The molecular formula is C14H18BrFN2O. The molecule has 1 aliphatic carbocycles. The third kappa shape index (κ3) is 3.08. The molecule has 0 aromatic heterocycles. The molecule has 5 heteroatoms. The van der Waals surface area contributed by atoms with Gasteiger partial charge in [0.1, 0.15) is 5.82 Å². The Hall–Kier alpha value is -1.10. The van der Waals surface area contributed by atoms with Gasteiger partial charge in [-0.15, -0.1) is 0 Å². The predicted molar refractivity (Wildman–Crippen MR) is 77.4 cm³/mol. The fourth-order valence-electron chi connectivity index (χ4n) is 2.24. The van der Waals surface area contributed by atoms with Crippen LogP contribution in [0.15, 0.2) is 16.6 Å². The zero-order valence-electron chi connectivity index (χ0n) is 11.0. The lowest BCUT2D eigenvalue weighted by atomic mass is 9.85. The van der Waals surface area contributed by atoms with E-state index in [1.807, 2.05) is 6.92 Å². The Labute approximate surface area is 121 Å². The van der Waals surface area contributed by atoms with Crippen LogP contribution < -0.4 is 5.73 Å². The largest absolute Gasteiger partial charge is 0.396 e. The molecule has 0 aliphatic heterocycles. The Morgan fingerprint density at radius 1 is 1.53 bits per heavy atom. The van der Waals surface area contributed by atoms with E-state index in [0.717, 1.165) is 6.54 Å². The number of carbonyl (C=O) groups is 1. The summed E-state index contributed by atoms with van der Waals surface area (Å²) in [7, 11) is 0. The highest BCUT2D eigenvalue weighted by Crippen LogP contribution is 2.29. The fraction of sp³-hybridized carbons (Fsp3) is 0.500. The molecule has 0 radical (unpaired) electrons. The minimum Gasteiger partial charge on any atom is -0.396 e. The Morgan fingerprint density at radius 2 is 2.21 bits per heavy atom. The number of hydrogen-bond donors (Lipinski definition) is 1. The van der Waals surface area contributed by atoms with Crippen molar-refractivity contribution in [1.29, 1.82) is 0 Å². The number of anilines is 1. The number of hydrogen-bond acceptors (Lipinski definition) is 2. The maximum Gasteiger partial charge on any atom is 0.255 e. The second kappa shape index (κ2) is 5.90. The predicted octanol–water partition coefficient (Wildman–Crippen LogP) is 3.43. The summed E-state index contributed by atoms with van der Waals surface area (Å²) in [5.74, 6) is 0.0129. The maximum atomic E-state index is 13.3. The molecule has 0 saturated heterocycles. The maximum absolute atomic E-state index is 13.3. The van der Waals surface area contributed by atoms with Crippen molar-refractivity contribution in [3.63, 3.8) is 0 Å². The van der Waals surface area contributed by atoms with Gasteiger partial charge in [-0.2, -0.15) is 0 Å². The van der Waals surface area contributed by atoms with Crippen molar-refractivity contribution in [3.8, 4) is 0 Å². The van der Waals surface area contributed by atoms with Crippen LogP contribution in [-0.4, -0.2) is 23.9 Å². The minimum atomic E-state index is -0.509. The summed E-state index contributed by atoms with van der Waals surface area (Å²) in [4.78, 5) is 14.3. The van der Waals surface area contributed by atoms with Gasteiger partial charge in [0.2, 0.25) is 0 Å². The van der Waals surface area contributed by atoms with E-state index in [1.54, 1.807) is 4.90 Å². The molecule has 2 N–H and O–H groups in total. The van der Waals surface area contributed by atoms with Crippen molar-refractivity contribution in [1.82, 2.24) is 4.90 Å². The number of carbonyl (C=O) groups excluding carboxylic acids is 1. The average molecular weight is 329 g/mol. The first-order valence-electron chi connectivity index (χ1n) is 6.56. The summed E-state index contributed by atoms with van der Waals surface area (Å²) in [6.07, 6.45) is 3.64. The van der Waals surface area contributed by atoms with Gasteiger partial charge in [0, 0.05) is 17.6 Å². The summed E-state index contributed by atoms with van der Waals surface area (Å²) in [5.41, 5.74) is 5.98. The average Bonchev–Trinajstić information content (AvgIpc) is 2.32. The van der Waals surface area contributed by atoms with E-state index in [-0.39, 0.29) is 11.6 Å². The SMILES string of the molecule is CCN(CC1CCC1)C(=O)c1cc(N)c(F)cc1Br. The van der Waals surface area contributed by atoms with Gasteiger partial charge >= 0.3 is 0 Å². The minimum absolute atomic E-state index is 0.00578. The van der Waals surface area contributed by atoms with E-state index in [4.69, 9.17) is 5.73 Å². The van der Waals surface area contributed by atoms with Crippen molar-refractivity contribution < 1.29 is 9.18 Å². The third-order valence-electron chi connectivity index (χ3n) is 3.69. The highest BCUT2D eigenvalue weighted by atomic mass is 79.9. The van der Waals surface area contributed by atoms with E-state index in [0.29, 0.717) is 22.5 Å². The molecule has 0 heterocycles. The molecule has 1 aromatic rings. The van der Waals surface area contributed by atoms with Crippen LogP contribution in [0, 0.1) is 11.7 Å². The van der Waals surface area contributed by atoms with Crippen LogP contribution in [0.3, 0.4) is 0 Å². The molecule has 0 atom stereocenters. The van der Waals surface area contributed by atoms with Crippen LogP contribution in [0.5, 0.6) is 0 Å². The van der Waals surface area contributed by atoms with Crippen LogP contribution in [0.2, 0.25) is 0 Å². The van der Waals surface area contributed by atoms with Crippen LogP contribution in [0.1, 0.15) is 36.5 Å². The number of rotatable bonds is 4. The molecule has 104 valence electrons. The van der Waals surface area contributed by atoms with E-state index < -0.39 is 5.82 Å². The van der Waals surface area contributed by atoms with Crippen LogP contribution in [0.25, 0.3) is 0 Å². The quantitative estimate of drug-likeness (QED) is 0.860. The number of benzene rings is 1. The van der Waals surface area contributed by atoms with Crippen LogP contribution >= 0.6 is 15.9 Å². The Morgan fingerprint density at radius 3 is 2.74 bits per heavy atom. The first kappa shape index (κ1) is 14.3. The van der Waals surface area contributed by atoms with Gasteiger partial charge in [0.25, 0.3) is 5.91 Å². The molecule has 2 rings (SSSR count).